The lowest BCUT2D eigenvalue weighted by Gasteiger charge is -2.06. The fourth-order valence-corrected chi connectivity index (χ4v) is 2.07. The molecule has 0 bridgehead atoms. The highest BCUT2D eigenvalue weighted by molar-refractivity contribution is 5.65. The summed E-state index contributed by atoms with van der Waals surface area (Å²) in [6, 6.07) is 0. The van der Waals surface area contributed by atoms with E-state index in [9.17, 15) is 4.79 Å². The Morgan fingerprint density at radius 3 is 2.53 bits per heavy atom. The van der Waals surface area contributed by atoms with E-state index in [2.05, 4.69) is 26.0 Å². The summed E-state index contributed by atoms with van der Waals surface area (Å²) >= 11 is 0. The first-order chi connectivity index (χ1) is 9.16. The van der Waals surface area contributed by atoms with Crippen LogP contribution >= 0.6 is 0 Å². The van der Waals surface area contributed by atoms with Gasteiger partial charge in [0.2, 0.25) is 0 Å². The van der Waals surface area contributed by atoms with Gasteiger partial charge in [0.05, 0.1) is 6.61 Å². The van der Waals surface area contributed by atoms with Gasteiger partial charge in [0.1, 0.15) is 0 Å². The van der Waals surface area contributed by atoms with Crippen LogP contribution in [-0.2, 0) is 9.53 Å². The molecule has 2 heteroatoms. The fraction of sp³-hybridized carbons (Fsp3) is 0.824. The van der Waals surface area contributed by atoms with E-state index in [1.54, 1.807) is 0 Å². The molecular formula is C17H32O2. The molecule has 112 valence electrons. The molecular weight excluding hydrogens is 236 g/mol. The van der Waals surface area contributed by atoms with Crippen LogP contribution in [-0.4, -0.2) is 12.6 Å². The smallest absolute Gasteiger partial charge is 0.302 e. The maximum atomic E-state index is 10.6. The van der Waals surface area contributed by atoms with E-state index in [-0.39, 0.29) is 5.97 Å². The van der Waals surface area contributed by atoms with Gasteiger partial charge in [-0.25, -0.2) is 0 Å². The third kappa shape index (κ3) is 15.2. The van der Waals surface area contributed by atoms with Crippen LogP contribution in [0.2, 0.25) is 0 Å². The Labute approximate surface area is 119 Å². The molecule has 0 saturated carbocycles. The number of esters is 1. The zero-order valence-corrected chi connectivity index (χ0v) is 13.1. The van der Waals surface area contributed by atoms with Crippen LogP contribution in [0, 0.1) is 5.92 Å². The molecule has 0 aromatic rings. The number of carbonyl (C=O) groups is 1. The highest BCUT2D eigenvalue weighted by Crippen LogP contribution is 2.12. The fourth-order valence-electron chi connectivity index (χ4n) is 2.07. The molecule has 0 rings (SSSR count). The monoisotopic (exact) mass is 268 g/mol. The Bertz CT molecular complexity index is 233. The van der Waals surface area contributed by atoms with Gasteiger partial charge < -0.3 is 4.74 Å². The molecule has 0 amide bonds. The predicted molar refractivity (Wildman–Crippen MR) is 82.2 cm³/mol. The standard InChI is InChI=1S/C17H32O2/c1-4-5-6-7-10-13-16(2)14-11-8-9-12-15-19-17(3)18/h10,13,16H,4-9,11-12,14-15H2,1-3H3/b13-10-. The van der Waals surface area contributed by atoms with Crippen molar-refractivity contribution < 1.29 is 9.53 Å². The quantitative estimate of drug-likeness (QED) is 0.274. The number of allylic oxidation sites excluding steroid dienone is 2. The van der Waals surface area contributed by atoms with E-state index >= 15 is 0 Å². The summed E-state index contributed by atoms with van der Waals surface area (Å²) in [5, 5.41) is 0. The van der Waals surface area contributed by atoms with Crippen molar-refractivity contribution in [3.8, 4) is 0 Å². The van der Waals surface area contributed by atoms with Gasteiger partial charge in [-0.3, -0.25) is 4.79 Å². The van der Waals surface area contributed by atoms with Crippen LogP contribution in [0.4, 0.5) is 0 Å². The molecule has 1 atom stereocenters. The number of rotatable bonds is 12. The number of ether oxygens (including phenoxy) is 1. The first-order valence-electron chi connectivity index (χ1n) is 7.96. The SMILES string of the molecule is CCCCC/C=C\C(C)CCCCCCOC(C)=O. The topological polar surface area (TPSA) is 26.3 Å². The molecule has 0 saturated heterocycles. The van der Waals surface area contributed by atoms with Gasteiger partial charge >= 0.3 is 5.97 Å². The minimum absolute atomic E-state index is 0.165. The Morgan fingerprint density at radius 1 is 1.11 bits per heavy atom. The van der Waals surface area contributed by atoms with Gasteiger partial charge in [0.25, 0.3) is 0 Å². The lowest BCUT2D eigenvalue weighted by atomic mass is 10.0. The Balaban J connectivity index is 3.28. The minimum atomic E-state index is -0.165. The largest absolute Gasteiger partial charge is 0.466 e. The number of carbonyl (C=O) groups excluding carboxylic acids is 1. The molecule has 0 N–H and O–H groups in total. The maximum Gasteiger partial charge on any atom is 0.302 e. The second-order valence-corrected chi connectivity index (χ2v) is 5.44. The Hall–Kier alpha value is -0.790. The van der Waals surface area contributed by atoms with Gasteiger partial charge in [-0.2, -0.15) is 0 Å². The second kappa shape index (κ2) is 13.6. The van der Waals surface area contributed by atoms with Gasteiger partial charge in [-0.15, -0.1) is 0 Å². The maximum absolute atomic E-state index is 10.6. The third-order valence-electron chi connectivity index (χ3n) is 3.30. The molecule has 0 heterocycles. The molecule has 1 unspecified atom stereocenters. The van der Waals surface area contributed by atoms with Crippen molar-refractivity contribution in [2.24, 2.45) is 5.92 Å². The average molecular weight is 268 g/mol. The summed E-state index contributed by atoms with van der Waals surface area (Å²) < 4.78 is 4.90. The van der Waals surface area contributed by atoms with Crippen molar-refractivity contribution >= 4 is 5.97 Å². The highest BCUT2D eigenvalue weighted by Gasteiger charge is 1.98. The molecule has 0 radical (unpaired) electrons. The Morgan fingerprint density at radius 2 is 1.84 bits per heavy atom. The average Bonchev–Trinajstić information content (AvgIpc) is 2.37. The lowest BCUT2D eigenvalue weighted by Crippen LogP contribution is -2.00. The first-order valence-corrected chi connectivity index (χ1v) is 7.96. The summed E-state index contributed by atoms with van der Waals surface area (Å²) in [7, 11) is 0. The van der Waals surface area contributed by atoms with Crippen molar-refractivity contribution in [3.63, 3.8) is 0 Å². The molecule has 0 aromatic carbocycles. The summed E-state index contributed by atoms with van der Waals surface area (Å²) in [4.78, 5) is 10.6. The van der Waals surface area contributed by atoms with E-state index in [0.29, 0.717) is 12.5 Å². The molecule has 0 aromatic heterocycles. The van der Waals surface area contributed by atoms with Crippen molar-refractivity contribution in [2.75, 3.05) is 6.61 Å². The normalized spacial score (nSPS) is 12.8. The zero-order valence-electron chi connectivity index (χ0n) is 13.1. The third-order valence-corrected chi connectivity index (χ3v) is 3.30. The van der Waals surface area contributed by atoms with Gasteiger partial charge in [0, 0.05) is 6.92 Å². The number of hydrogen-bond acceptors (Lipinski definition) is 2. The molecule has 0 spiro atoms. The van der Waals surface area contributed by atoms with Crippen LogP contribution < -0.4 is 0 Å². The number of hydrogen-bond donors (Lipinski definition) is 0. The molecule has 0 aliphatic carbocycles. The molecule has 0 aliphatic rings. The highest BCUT2D eigenvalue weighted by atomic mass is 16.5. The van der Waals surface area contributed by atoms with E-state index in [4.69, 9.17) is 4.74 Å². The van der Waals surface area contributed by atoms with Crippen molar-refractivity contribution in [1.29, 1.82) is 0 Å². The summed E-state index contributed by atoms with van der Waals surface area (Å²) in [6.07, 6.45) is 15.9. The second-order valence-electron chi connectivity index (χ2n) is 5.44. The van der Waals surface area contributed by atoms with E-state index in [1.807, 2.05) is 0 Å². The van der Waals surface area contributed by atoms with Crippen LogP contribution in [0.25, 0.3) is 0 Å². The van der Waals surface area contributed by atoms with Gasteiger partial charge in [0.15, 0.2) is 0 Å². The van der Waals surface area contributed by atoms with E-state index in [1.165, 1.54) is 58.3 Å². The molecule has 0 aliphatic heterocycles. The summed E-state index contributed by atoms with van der Waals surface area (Å²) in [5.74, 6) is 0.539. The van der Waals surface area contributed by atoms with Crippen molar-refractivity contribution in [1.82, 2.24) is 0 Å². The summed E-state index contributed by atoms with van der Waals surface area (Å²) in [6.45, 7) is 6.60. The van der Waals surface area contributed by atoms with Gasteiger partial charge in [-0.05, 0) is 31.6 Å². The zero-order chi connectivity index (χ0) is 14.3. The Kier molecular flexibility index (Phi) is 13.1. The van der Waals surface area contributed by atoms with Crippen LogP contribution in [0.3, 0.4) is 0 Å². The minimum Gasteiger partial charge on any atom is -0.466 e. The molecule has 2 nitrogen and oxygen atoms in total. The number of unbranched alkanes of at least 4 members (excludes halogenated alkanes) is 6. The first kappa shape index (κ1) is 18.2. The molecule has 0 fully saturated rings. The van der Waals surface area contributed by atoms with Crippen molar-refractivity contribution in [3.05, 3.63) is 12.2 Å². The van der Waals surface area contributed by atoms with Crippen LogP contribution in [0.1, 0.15) is 78.6 Å². The molecule has 19 heavy (non-hydrogen) atoms. The predicted octanol–water partition coefficient (Wildman–Crippen LogP) is 5.27. The lowest BCUT2D eigenvalue weighted by molar-refractivity contribution is -0.141. The van der Waals surface area contributed by atoms with E-state index in [0.717, 1.165) is 6.42 Å². The summed E-state index contributed by atoms with van der Waals surface area (Å²) in [5.41, 5.74) is 0. The van der Waals surface area contributed by atoms with Crippen LogP contribution in [0.5, 0.6) is 0 Å². The van der Waals surface area contributed by atoms with Crippen LogP contribution in [0.15, 0.2) is 12.2 Å². The van der Waals surface area contributed by atoms with Gasteiger partial charge in [-0.1, -0.05) is 58.1 Å². The van der Waals surface area contributed by atoms with Crippen molar-refractivity contribution in [2.45, 2.75) is 78.6 Å². The van der Waals surface area contributed by atoms with E-state index < -0.39 is 0 Å².